The van der Waals surface area contributed by atoms with Crippen LogP contribution < -0.4 is 14.9 Å². The van der Waals surface area contributed by atoms with Crippen molar-refractivity contribution >= 4 is 57.3 Å². The maximum atomic E-state index is 10.9. The lowest BCUT2D eigenvalue weighted by Crippen LogP contribution is -2.12. The largest absolute Gasteiger partial charge is 0.490 e. The lowest BCUT2D eigenvalue weighted by molar-refractivity contribution is -0.118. The van der Waals surface area contributed by atoms with E-state index in [4.69, 9.17) is 9.47 Å². The van der Waals surface area contributed by atoms with Crippen LogP contribution in [0.2, 0.25) is 0 Å². The van der Waals surface area contributed by atoms with Crippen molar-refractivity contribution in [1.29, 1.82) is 0 Å². The Morgan fingerprint density at radius 3 is 2.56 bits per heavy atom. The quantitative estimate of drug-likeness (QED) is 0.310. The van der Waals surface area contributed by atoms with Gasteiger partial charge in [0.2, 0.25) is 5.91 Å². The fourth-order valence-corrected chi connectivity index (χ4v) is 3.14. The molecule has 2 rings (SSSR count). The highest BCUT2D eigenvalue weighted by molar-refractivity contribution is 14.1. The number of nitrogens with zero attached hydrogens (tertiary/aromatic N) is 1. The molecule has 0 atom stereocenters. The van der Waals surface area contributed by atoms with Crippen LogP contribution in [0.5, 0.6) is 11.5 Å². The van der Waals surface area contributed by atoms with Crippen molar-refractivity contribution in [2.75, 3.05) is 6.61 Å². The molecule has 0 heterocycles. The molecular formula is C18H18I2N2O3. The Bertz CT molecular complexity index is 762. The first kappa shape index (κ1) is 20.0. The summed E-state index contributed by atoms with van der Waals surface area (Å²) in [5.74, 6) is 1.15. The third kappa shape index (κ3) is 6.46. The second kappa shape index (κ2) is 9.95. The Morgan fingerprint density at radius 1 is 1.20 bits per heavy atom. The van der Waals surface area contributed by atoms with Crippen molar-refractivity contribution in [3.63, 3.8) is 0 Å². The molecule has 132 valence electrons. The third-order valence-corrected chi connectivity index (χ3v) is 4.58. The maximum Gasteiger partial charge on any atom is 0.236 e. The Hall–Kier alpha value is -1.36. The number of hydrogen-bond acceptors (Lipinski definition) is 4. The zero-order chi connectivity index (χ0) is 18.2. The summed E-state index contributed by atoms with van der Waals surface area (Å²) in [4.78, 5) is 10.9. The van der Waals surface area contributed by atoms with Crippen molar-refractivity contribution in [3.8, 4) is 11.5 Å². The average molecular weight is 564 g/mol. The van der Waals surface area contributed by atoms with Gasteiger partial charge >= 0.3 is 0 Å². The van der Waals surface area contributed by atoms with Gasteiger partial charge in [-0.1, -0.05) is 12.1 Å². The third-order valence-electron chi connectivity index (χ3n) is 3.06. The molecule has 0 saturated carbocycles. The number of ether oxygens (including phenoxy) is 2. The molecule has 2 aromatic carbocycles. The molecule has 0 bridgehead atoms. The molecule has 0 aliphatic carbocycles. The fraction of sp³-hybridized carbons (Fsp3) is 0.222. The van der Waals surface area contributed by atoms with E-state index in [1.165, 1.54) is 10.5 Å². The number of hydrogen-bond donors (Lipinski definition) is 1. The second-order valence-corrected chi connectivity index (χ2v) is 7.51. The molecule has 25 heavy (non-hydrogen) atoms. The van der Waals surface area contributed by atoms with Crippen molar-refractivity contribution < 1.29 is 14.3 Å². The molecule has 0 spiro atoms. The molecule has 1 amide bonds. The standard InChI is InChI=1S/C18H18I2N2O3/c1-3-24-17-9-14(10-21-22-12(2)23)8-16(20)18(17)25-11-13-4-6-15(19)7-5-13/h4-10H,3,11H2,1-2H3,(H,22,23)/b21-10-. The Morgan fingerprint density at radius 2 is 1.92 bits per heavy atom. The molecule has 1 N–H and O–H groups in total. The fourth-order valence-electron chi connectivity index (χ4n) is 2.00. The number of halogens is 2. The molecule has 0 aromatic heterocycles. The van der Waals surface area contributed by atoms with Gasteiger partial charge in [-0.2, -0.15) is 5.10 Å². The van der Waals surface area contributed by atoms with Crippen LogP contribution in [0.1, 0.15) is 25.0 Å². The highest BCUT2D eigenvalue weighted by Crippen LogP contribution is 2.34. The van der Waals surface area contributed by atoms with E-state index in [1.54, 1.807) is 6.21 Å². The summed E-state index contributed by atoms with van der Waals surface area (Å²) in [6, 6.07) is 12.0. The monoisotopic (exact) mass is 564 g/mol. The Labute approximate surface area is 174 Å². The highest BCUT2D eigenvalue weighted by Gasteiger charge is 2.12. The van der Waals surface area contributed by atoms with Gasteiger partial charge < -0.3 is 9.47 Å². The highest BCUT2D eigenvalue weighted by atomic mass is 127. The van der Waals surface area contributed by atoms with E-state index in [9.17, 15) is 4.79 Å². The van der Waals surface area contributed by atoms with Gasteiger partial charge in [-0.25, -0.2) is 5.43 Å². The second-order valence-electron chi connectivity index (χ2n) is 5.10. The number of amides is 1. The van der Waals surface area contributed by atoms with Gasteiger partial charge in [0.05, 0.1) is 16.4 Å². The number of hydrazone groups is 1. The van der Waals surface area contributed by atoms with Crippen LogP contribution in [0.3, 0.4) is 0 Å². The SMILES string of the molecule is CCOc1cc(/C=N\NC(C)=O)cc(I)c1OCc1ccc(I)cc1. The van der Waals surface area contributed by atoms with Gasteiger partial charge in [0, 0.05) is 10.5 Å². The van der Waals surface area contributed by atoms with Gasteiger partial charge in [0.25, 0.3) is 0 Å². The Balaban J connectivity index is 2.19. The van der Waals surface area contributed by atoms with Crippen LogP contribution in [0.25, 0.3) is 0 Å². The van der Waals surface area contributed by atoms with Crippen LogP contribution in [-0.4, -0.2) is 18.7 Å². The minimum Gasteiger partial charge on any atom is -0.490 e. The van der Waals surface area contributed by atoms with Crippen LogP contribution in [0, 0.1) is 7.14 Å². The predicted molar refractivity (Wildman–Crippen MR) is 115 cm³/mol. The van der Waals surface area contributed by atoms with Gasteiger partial charge in [0.1, 0.15) is 6.61 Å². The van der Waals surface area contributed by atoms with E-state index in [-0.39, 0.29) is 5.91 Å². The average Bonchev–Trinajstić information content (AvgIpc) is 2.55. The normalized spacial score (nSPS) is 10.7. The lowest BCUT2D eigenvalue weighted by atomic mass is 10.2. The number of carbonyl (C=O) groups excluding carboxylic acids is 1. The van der Waals surface area contributed by atoms with Crippen molar-refractivity contribution in [2.45, 2.75) is 20.5 Å². The van der Waals surface area contributed by atoms with Crippen LogP contribution in [-0.2, 0) is 11.4 Å². The minimum atomic E-state index is -0.214. The van der Waals surface area contributed by atoms with Crippen molar-refractivity contribution in [3.05, 3.63) is 54.7 Å². The van der Waals surface area contributed by atoms with E-state index in [0.717, 1.165) is 14.7 Å². The summed E-state index contributed by atoms with van der Waals surface area (Å²) in [6.45, 7) is 4.33. The first-order valence-corrected chi connectivity index (χ1v) is 9.78. The molecule has 5 nitrogen and oxygen atoms in total. The summed E-state index contributed by atoms with van der Waals surface area (Å²) in [7, 11) is 0. The van der Waals surface area contributed by atoms with Gasteiger partial charge in [0.15, 0.2) is 11.5 Å². The van der Waals surface area contributed by atoms with E-state index in [1.807, 2.05) is 31.2 Å². The minimum absolute atomic E-state index is 0.214. The van der Waals surface area contributed by atoms with E-state index in [0.29, 0.717) is 24.7 Å². The van der Waals surface area contributed by atoms with Crippen molar-refractivity contribution in [2.24, 2.45) is 5.10 Å². The predicted octanol–water partition coefficient (Wildman–Crippen LogP) is 4.34. The molecule has 2 aromatic rings. The zero-order valence-electron chi connectivity index (χ0n) is 13.9. The zero-order valence-corrected chi connectivity index (χ0v) is 18.2. The number of rotatable bonds is 7. The number of carbonyl (C=O) groups is 1. The molecule has 0 radical (unpaired) electrons. The molecule has 0 aliphatic rings. The Kier molecular flexibility index (Phi) is 7.94. The lowest BCUT2D eigenvalue weighted by Gasteiger charge is -2.14. The summed E-state index contributed by atoms with van der Waals surface area (Å²) in [5.41, 5.74) is 4.30. The summed E-state index contributed by atoms with van der Waals surface area (Å²) in [5, 5.41) is 3.89. The van der Waals surface area contributed by atoms with E-state index in [2.05, 4.69) is 67.8 Å². The topological polar surface area (TPSA) is 59.9 Å². The number of benzene rings is 2. The van der Waals surface area contributed by atoms with Crippen LogP contribution >= 0.6 is 45.2 Å². The first-order chi connectivity index (χ1) is 12.0. The molecule has 0 fully saturated rings. The molecular weight excluding hydrogens is 546 g/mol. The molecule has 7 heteroatoms. The van der Waals surface area contributed by atoms with Crippen LogP contribution in [0.4, 0.5) is 0 Å². The summed E-state index contributed by atoms with van der Waals surface area (Å²) in [6.07, 6.45) is 1.58. The van der Waals surface area contributed by atoms with Gasteiger partial charge in [-0.05, 0) is 87.5 Å². The van der Waals surface area contributed by atoms with Gasteiger partial charge in [-0.3, -0.25) is 4.79 Å². The van der Waals surface area contributed by atoms with Crippen molar-refractivity contribution in [1.82, 2.24) is 5.43 Å². The smallest absolute Gasteiger partial charge is 0.236 e. The molecule has 0 unspecified atom stereocenters. The summed E-state index contributed by atoms with van der Waals surface area (Å²) >= 11 is 4.49. The maximum absolute atomic E-state index is 10.9. The van der Waals surface area contributed by atoms with E-state index < -0.39 is 0 Å². The molecule has 0 aliphatic heterocycles. The van der Waals surface area contributed by atoms with Gasteiger partial charge in [-0.15, -0.1) is 0 Å². The van der Waals surface area contributed by atoms with Crippen LogP contribution in [0.15, 0.2) is 41.5 Å². The summed E-state index contributed by atoms with van der Waals surface area (Å²) < 4.78 is 13.8. The number of nitrogens with one attached hydrogen (secondary N) is 1. The first-order valence-electron chi connectivity index (χ1n) is 7.62. The molecule has 0 saturated heterocycles. The van der Waals surface area contributed by atoms with E-state index >= 15 is 0 Å².